The molecule has 138 valence electrons. The lowest BCUT2D eigenvalue weighted by Gasteiger charge is -2.64. The van der Waals surface area contributed by atoms with Crippen LogP contribution in [0.5, 0.6) is 0 Å². The molecule has 25 heavy (non-hydrogen) atoms. The molecule has 3 aliphatic carbocycles. The monoisotopic (exact) mass is 350 g/mol. The first-order valence-electron chi connectivity index (χ1n) is 9.01. The summed E-state index contributed by atoms with van der Waals surface area (Å²) < 4.78 is 5.42. The smallest absolute Gasteiger partial charge is 0.310 e. The molecule has 0 spiro atoms. The Morgan fingerprint density at radius 2 is 1.80 bits per heavy atom. The van der Waals surface area contributed by atoms with E-state index >= 15 is 0 Å². The van der Waals surface area contributed by atoms with Crippen LogP contribution in [-0.2, 0) is 14.3 Å². The van der Waals surface area contributed by atoms with Crippen LogP contribution in [0.3, 0.4) is 0 Å². The second kappa shape index (κ2) is 4.93. The summed E-state index contributed by atoms with van der Waals surface area (Å²) in [6, 6.07) is 0. The van der Waals surface area contributed by atoms with E-state index in [1.165, 1.54) is 0 Å². The Balaban J connectivity index is 1.93. The van der Waals surface area contributed by atoms with Crippen molar-refractivity contribution in [3.8, 4) is 0 Å². The summed E-state index contributed by atoms with van der Waals surface area (Å²) in [5.74, 6) is -2.42. The second-order valence-electron chi connectivity index (χ2n) is 8.91. The van der Waals surface area contributed by atoms with Crippen LogP contribution >= 0.6 is 0 Å². The number of aliphatic hydroxyl groups excluding tert-OH is 3. The molecule has 0 aromatic heterocycles. The Bertz CT molecular complexity index is 673. The normalized spacial score (nSPS) is 57.8. The number of rotatable bonds is 0. The van der Waals surface area contributed by atoms with Gasteiger partial charge >= 0.3 is 5.97 Å². The van der Waals surface area contributed by atoms with Gasteiger partial charge in [0.2, 0.25) is 0 Å². The number of hydrogen-bond acceptors (Lipinski definition) is 6. The Morgan fingerprint density at radius 1 is 1.16 bits per heavy atom. The third kappa shape index (κ3) is 1.76. The van der Waals surface area contributed by atoms with Gasteiger partial charge in [-0.1, -0.05) is 32.9 Å². The first-order valence-corrected chi connectivity index (χ1v) is 9.01. The van der Waals surface area contributed by atoms with Crippen LogP contribution in [0.4, 0.5) is 0 Å². The average molecular weight is 350 g/mol. The lowest BCUT2D eigenvalue weighted by molar-refractivity contribution is -0.226. The van der Waals surface area contributed by atoms with Crippen LogP contribution in [0, 0.1) is 34.5 Å². The van der Waals surface area contributed by atoms with Crippen molar-refractivity contribution in [1.29, 1.82) is 0 Å². The summed E-state index contributed by atoms with van der Waals surface area (Å²) in [4.78, 5) is 25.7. The number of ether oxygens (including phenoxy) is 1. The summed E-state index contributed by atoms with van der Waals surface area (Å²) in [6.07, 6.45) is -3.43. The Labute approximate surface area is 146 Å². The van der Waals surface area contributed by atoms with Gasteiger partial charge in [0.05, 0.1) is 24.2 Å². The fourth-order valence-electron chi connectivity index (χ4n) is 6.74. The molecular weight excluding hydrogens is 324 g/mol. The van der Waals surface area contributed by atoms with Crippen molar-refractivity contribution in [3.05, 3.63) is 12.2 Å². The Morgan fingerprint density at radius 3 is 2.44 bits per heavy atom. The third-order valence-corrected chi connectivity index (χ3v) is 7.90. The number of ketones is 1. The molecule has 1 aliphatic heterocycles. The van der Waals surface area contributed by atoms with Gasteiger partial charge in [-0.2, -0.15) is 0 Å². The maximum atomic E-state index is 13.2. The van der Waals surface area contributed by atoms with E-state index in [4.69, 9.17) is 4.74 Å². The topological polar surface area (TPSA) is 104 Å². The number of aliphatic hydroxyl groups is 3. The predicted octanol–water partition coefficient (Wildman–Crippen LogP) is 0.438. The Kier molecular flexibility index (Phi) is 3.39. The molecule has 4 rings (SSSR count). The molecule has 6 nitrogen and oxygen atoms in total. The lowest BCUT2D eigenvalue weighted by Crippen LogP contribution is -2.71. The minimum absolute atomic E-state index is 0.0853. The maximum absolute atomic E-state index is 13.2. The van der Waals surface area contributed by atoms with E-state index in [1.807, 2.05) is 13.8 Å². The summed E-state index contributed by atoms with van der Waals surface area (Å²) >= 11 is 0. The summed E-state index contributed by atoms with van der Waals surface area (Å²) in [7, 11) is 0. The van der Waals surface area contributed by atoms with Gasteiger partial charge in [0.1, 0.15) is 11.9 Å². The van der Waals surface area contributed by atoms with Crippen molar-refractivity contribution in [1.82, 2.24) is 0 Å². The zero-order chi connectivity index (χ0) is 18.5. The van der Waals surface area contributed by atoms with Crippen molar-refractivity contribution in [2.24, 2.45) is 34.5 Å². The quantitative estimate of drug-likeness (QED) is 0.433. The van der Waals surface area contributed by atoms with Gasteiger partial charge in [-0.25, -0.2) is 0 Å². The largest absolute Gasteiger partial charge is 0.459 e. The molecule has 10 atom stereocenters. The fourth-order valence-corrected chi connectivity index (χ4v) is 6.74. The molecule has 0 radical (unpaired) electrons. The highest BCUT2D eigenvalue weighted by Gasteiger charge is 2.74. The number of carbonyl (C=O) groups excluding carboxylic acids is 2. The molecule has 1 saturated heterocycles. The van der Waals surface area contributed by atoms with Gasteiger partial charge in [0.15, 0.2) is 0 Å². The average Bonchev–Trinajstić information content (AvgIpc) is 2.78. The maximum Gasteiger partial charge on any atom is 0.310 e. The van der Waals surface area contributed by atoms with Gasteiger partial charge < -0.3 is 20.1 Å². The number of esters is 1. The SMILES string of the molecule is C=C1C[C@@H](O)[C@H](O)[C@]2(C)[C@@H]1CC(=O)[C@]1(C)[C@@H]3C(=O)O[C@@H]([C@H]3C)[C@@H](O)[C@H]12. The fraction of sp³-hybridized carbons (Fsp3) is 0.789. The molecule has 0 amide bonds. The van der Waals surface area contributed by atoms with Crippen molar-refractivity contribution in [2.45, 2.75) is 58.0 Å². The Hall–Kier alpha value is -1.24. The van der Waals surface area contributed by atoms with Crippen LogP contribution in [0.1, 0.15) is 33.6 Å². The van der Waals surface area contributed by atoms with Crippen LogP contribution in [0.15, 0.2) is 12.2 Å². The van der Waals surface area contributed by atoms with E-state index < -0.39 is 53.1 Å². The van der Waals surface area contributed by atoms with E-state index in [2.05, 4.69) is 6.58 Å². The number of hydrogen-bond donors (Lipinski definition) is 3. The van der Waals surface area contributed by atoms with Crippen molar-refractivity contribution >= 4 is 11.8 Å². The van der Waals surface area contributed by atoms with E-state index in [9.17, 15) is 24.9 Å². The molecule has 6 heteroatoms. The van der Waals surface area contributed by atoms with E-state index in [-0.39, 0.29) is 30.5 Å². The predicted molar refractivity (Wildman–Crippen MR) is 87.1 cm³/mol. The van der Waals surface area contributed by atoms with Gasteiger partial charge in [-0.05, 0) is 12.3 Å². The third-order valence-electron chi connectivity index (χ3n) is 7.90. The van der Waals surface area contributed by atoms with Crippen molar-refractivity contribution < 1.29 is 29.6 Å². The molecular formula is C19H26O6. The minimum atomic E-state index is -1.12. The van der Waals surface area contributed by atoms with Crippen molar-refractivity contribution in [3.63, 3.8) is 0 Å². The van der Waals surface area contributed by atoms with E-state index in [0.29, 0.717) is 0 Å². The summed E-state index contributed by atoms with van der Waals surface area (Å²) in [5, 5.41) is 32.4. The highest BCUT2D eigenvalue weighted by atomic mass is 16.6. The molecule has 4 fully saturated rings. The highest BCUT2D eigenvalue weighted by molar-refractivity contribution is 5.93. The van der Waals surface area contributed by atoms with Gasteiger partial charge in [0, 0.05) is 29.1 Å². The molecule has 0 aromatic rings. The van der Waals surface area contributed by atoms with Gasteiger partial charge in [-0.15, -0.1) is 0 Å². The molecule has 0 aromatic carbocycles. The zero-order valence-corrected chi connectivity index (χ0v) is 14.8. The number of carbonyl (C=O) groups is 2. The standard InChI is InChI=1S/C19H26O6/c1-7-5-10(20)16(23)18(3)9(7)6-11(21)19(4)12-8(2)14(25-17(12)24)13(22)15(18)19/h8-10,12-16,20,22-23H,1,5-6H2,2-4H3/t8-,9+,10+,12-,13+,14-,15-,16-,18+,19+/m0/s1. The molecule has 4 aliphatic rings. The lowest BCUT2D eigenvalue weighted by atomic mass is 9.39. The number of fused-ring (bicyclic) bond motifs is 6. The zero-order valence-electron chi connectivity index (χ0n) is 14.8. The summed E-state index contributed by atoms with van der Waals surface area (Å²) in [6.45, 7) is 9.40. The van der Waals surface area contributed by atoms with Crippen LogP contribution in [-0.4, -0.2) is 51.5 Å². The molecule has 1 heterocycles. The van der Waals surface area contributed by atoms with E-state index in [1.54, 1.807) is 6.92 Å². The van der Waals surface area contributed by atoms with E-state index in [0.717, 1.165) is 5.57 Å². The van der Waals surface area contributed by atoms with Crippen LogP contribution in [0.25, 0.3) is 0 Å². The second-order valence-corrected chi connectivity index (χ2v) is 8.91. The van der Waals surface area contributed by atoms with Crippen LogP contribution < -0.4 is 0 Å². The molecule has 2 bridgehead atoms. The van der Waals surface area contributed by atoms with Gasteiger partial charge in [0.25, 0.3) is 0 Å². The highest BCUT2D eigenvalue weighted by Crippen LogP contribution is 2.67. The molecule has 3 N–H and O–H groups in total. The summed E-state index contributed by atoms with van der Waals surface area (Å²) in [5.41, 5.74) is -1.34. The first kappa shape index (κ1) is 17.2. The van der Waals surface area contributed by atoms with Gasteiger partial charge in [-0.3, -0.25) is 9.59 Å². The molecule has 3 saturated carbocycles. The van der Waals surface area contributed by atoms with Crippen LogP contribution in [0.2, 0.25) is 0 Å². The number of Topliss-reactive ketones (excluding diaryl/α,β-unsaturated/α-hetero) is 1. The van der Waals surface area contributed by atoms with Crippen molar-refractivity contribution in [2.75, 3.05) is 0 Å². The minimum Gasteiger partial charge on any atom is -0.459 e. The molecule has 0 unspecified atom stereocenters. The first-order chi connectivity index (χ1) is 11.6.